The molecule has 0 bridgehead atoms. The maximum atomic E-state index is 9.28. The summed E-state index contributed by atoms with van der Waals surface area (Å²) in [6, 6.07) is 12.6. The molecule has 3 nitrogen and oxygen atoms in total. The van der Waals surface area contributed by atoms with Gasteiger partial charge in [-0.3, -0.25) is 0 Å². The second kappa shape index (κ2) is 5.85. The van der Waals surface area contributed by atoms with Gasteiger partial charge in [-0.15, -0.1) is 0 Å². The number of benzene rings is 2. The van der Waals surface area contributed by atoms with Gasteiger partial charge in [0.25, 0.3) is 0 Å². The molecule has 2 aromatic carbocycles. The number of nitrogens with one attached hydrogen (secondary N) is 1. The third-order valence-corrected chi connectivity index (χ3v) is 3.27. The van der Waals surface area contributed by atoms with E-state index in [0.717, 1.165) is 17.0 Å². The minimum absolute atomic E-state index is 0.0743. The molecule has 2 rings (SSSR count). The molecule has 0 saturated carbocycles. The molecule has 2 aromatic rings. The summed E-state index contributed by atoms with van der Waals surface area (Å²) < 4.78 is 5.18. The van der Waals surface area contributed by atoms with Gasteiger partial charge in [-0.25, -0.2) is 0 Å². The zero-order valence-corrected chi connectivity index (χ0v) is 11.6. The van der Waals surface area contributed by atoms with Crippen LogP contribution in [0.1, 0.15) is 18.5 Å². The third kappa shape index (κ3) is 3.32. The predicted molar refractivity (Wildman–Crippen MR) is 78.1 cm³/mol. The fourth-order valence-electron chi connectivity index (χ4n) is 1.82. The van der Waals surface area contributed by atoms with Crippen LogP contribution in [0.4, 0.5) is 5.69 Å². The highest BCUT2D eigenvalue weighted by molar-refractivity contribution is 6.33. The van der Waals surface area contributed by atoms with Gasteiger partial charge < -0.3 is 15.2 Å². The normalized spacial score (nSPS) is 11.9. The summed E-state index contributed by atoms with van der Waals surface area (Å²) in [5.41, 5.74) is 1.89. The molecular formula is C15H16ClNO2. The van der Waals surface area contributed by atoms with Crippen LogP contribution in [0.3, 0.4) is 0 Å². The van der Waals surface area contributed by atoms with Crippen LogP contribution in [0.15, 0.2) is 42.5 Å². The van der Waals surface area contributed by atoms with E-state index in [1.54, 1.807) is 25.3 Å². The highest BCUT2D eigenvalue weighted by Gasteiger charge is 2.08. The van der Waals surface area contributed by atoms with E-state index in [-0.39, 0.29) is 11.8 Å². The van der Waals surface area contributed by atoms with Crippen molar-refractivity contribution in [3.63, 3.8) is 0 Å². The van der Waals surface area contributed by atoms with E-state index in [1.807, 2.05) is 31.2 Å². The molecular weight excluding hydrogens is 262 g/mol. The Morgan fingerprint density at radius 2 is 1.84 bits per heavy atom. The van der Waals surface area contributed by atoms with Crippen molar-refractivity contribution in [2.45, 2.75) is 13.0 Å². The van der Waals surface area contributed by atoms with E-state index < -0.39 is 0 Å². The molecule has 0 aliphatic rings. The van der Waals surface area contributed by atoms with Gasteiger partial charge >= 0.3 is 0 Å². The Balaban J connectivity index is 2.18. The van der Waals surface area contributed by atoms with Gasteiger partial charge in [-0.2, -0.15) is 0 Å². The Labute approximate surface area is 117 Å². The number of phenolic OH excluding ortho intramolecular Hbond substituents is 1. The van der Waals surface area contributed by atoms with Crippen LogP contribution in [0.5, 0.6) is 11.5 Å². The molecule has 4 heteroatoms. The number of aromatic hydroxyl groups is 1. The van der Waals surface area contributed by atoms with Crippen molar-refractivity contribution in [2.75, 3.05) is 12.4 Å². The van der Waals surface area contributed by atoms with Gasteiger partial charge in [-0.05, 0) is 36.8 Å². The Kier molecular flexibility index (Phi) is 4.17. The molecule has 19 heavy (non-hydrogen) atoms. The van der Waals surface area contributed by atoms with Crippen molar-refractivity contribution in [2.24, 2.45) is 0 Å². The average molecular weight is 278 g/mol. The number of phenols is 1. The van der Waals surface area contributed by atoms with Crippen LogP contribution >= 0.6 is 11.6 Å². The lowest BCUT2D eigenvalue weighted by atomic mass is 10.1. The third-order valence-electron chi connectivity index (χ3n) is 2.94. The fourth-order valence-corrected chi connectivity index (χ4v) is 1.99. The molecule has 0 fully saturated rings. The summed E-state index contributed by atoms with van der Waals surface area (Å²) in [5.74, 6) is 1.01. The van der Waals surface area contributed by atoms with E-state index in [9.17, 15) is 5.11 Å². The fraction of sp³-hybridized carbons (Fsp3) is 0.200. The molecule has 0 radical (unpaired) electrons. The summed E-state index contributed by atoms with van der Waals surface area (Å²) >= 11 is 6.15. The van der Waals surface area contributed by atoms with Crippen LogP contribution < -0.4 is 10.1 Å². The van der Waals surface area contributed by atoms with E-state index in [2.05, 4.69) is 5.32 Å². The van der Waals surface area contributed by atoms with Crippen molar-refractivity contribution in [3.05, 3.63) is 53.1 Å². The molecule has 0 aliphatic heterocycles. The average Bonchev–Trinajstić information content (AvgIpc) is 2.42. The summed E-state index contributed by atoms with van der Waals surface area (Å²) in [6.07, 6.45) is 0. The summed E-state index contributed by atoms with van der Waals surface area (Å²) in [7, 11) is 1.62. The number of hydrogen-bond acceptors (Lipinski definition) is 3. The summed E-state index contributed by atoms with van der Waals surface area (Å²) in [4.78, 5) is 0. The molecule has 0 aliphatic carbocycles. The Hall–Kier alpha value is -1.87. The number of hydrogen-bond donors (Lipinski definition) is 2. The summed E-state index contributed by atoms with van der Waals surface area (Å²) in [5, 5.41) is 13.3. The monoisotopic (exact) mass is 277 g/mol. The largest absolute Gasteiger partial charge is 0.508 e. The lowest BCUT2D eigenvalue weighted by Crippen LogP contribution is -2.06. The van der Waals surface area contributed by atoms with Crippen molar-refractivity contribution in [1.29, 1.82) is 0 Å². The predicted octanol–water partition coefficient (Wildman–Crippen LogP) is 4.23. The van der Waals surface area contributed by atoms with Crippen LogP contribution in [-0.2, 0) is 0 Å². The van der Waals surface area contributed by atoms with Gasteiger partial charge in [0.15, 0.2) is 0 Å². The van der Waals surface area contributed by atoms with Gasteiger partial charge in [0.05, 0.1) is 17.8 Å². The molecule has 2 N–H and O–H groups in total. The number of anilines is 1. The Morgan fingerprint density at radius 1 is 1.16 bits per heavy atom. The number of methoxy groups -OCH3 is 1. The van der Waals surface area contributed by atoms with Crippen LogP contribution in [0.2, 0.25) is 5.02 Å². The summed E-state index contributed by atoms with van der Waals surface area (Å²) in [6.45, 7) is 2.03. The maximum absolute atomic E-state index is 9.28. The van der Waals surface area contributed by atoms with Crippen molar-refractivity contribution in [1.82, 2.24) is 0 Å². The Morgan fingerprint density at radius 3 is 2.47 bits per heavy atom. The van der Waals surface area contributed by atoms with E-state index >= 15 is 0 Å². The minimum atomic E-state index is 0.0743. The minimum Gasteiger partial charge on any atom is -0.508 e. The maximum Gasteiger partial charge on any atom is 0.121 e. The van der Waals surface area contributed by atoms with Crippen LogP contribution in [0.25, 0.3) is 0 Å². The van der Waals surface area contributed by atoms with E-state index in [4.69, 9.17) is 16.3 Å². The topological polar surface area (TPSA) is 41.5 Å². The van der Waals surface area contributed by atoms with Gasteiger partial charge in [-0.1, -0.05) is 23.7 Å². The quantitative estimate of drug-likeness (QED) is 0.879. The lowest BCUT2D eigenvalue weighted by Gasteiger charge is -2.17. The van der Waals surface area contributed by atoms with E-state index in [1.165, 1.54) is 0 Å². The van der Waals surface area contributed by atoms with E-state index in [0.29, 0.717) is 5.02 Å². The number of ether oxygens (including phenoxy) is 1. The zero-order chi connectivity index (χ0) is 13.8. The molecule has 0 heterocycles. The molecule has 1 atom stereocenters. The first-order chi connectivity index (χ1) is 9.10. The highest BCUT2D eigenvalue weighted by Crippen LogP contribution is 2.30. The standard InChI is InChI=1S/C15H16ClNO2/c1-10(11-3-5-12(18)6-4-11)17-15-9-13(19-2)7-8-14(15)16/h3-10,17-18H,1-2H3. The molecule has 0 amide bonds. The van der Waals surface area contributed by atoms with Crippen molar-refractivity contribution in [3.8, 4) is 11.5 Å². The van der Waals surface area contributed by atoms with Gasteiger partial charge in [0, 0.05) is 12.1 Å². The van der Waals surface area contributed by atoms with Gasteiger partial charge in [0.1, 0.15) is 11.5 Å². The van der Waals surface area contributed by atoms with Crippen LogP contribution in [-0.4, -0.2) is 12.2 Å². The van der Waals surface area contributed by atoms with Crippen LogP contribution in [0, 0.1) is 0 Å². The smallest absolute Gasteiger partial charge is 0.121 e. The highest BCUT2D eigenvalue weighted by atomic mass is 35.5. The van der Waals surface area contributed by atoms with Crippen molar-refractivity contribution < 1.29 is 9.84 Å². The second-order valence-corrected chi connectivity index (χ2v) is 4.71. The molecule has 100 valence electrons. The second-order valence-electron chi connectivity index (χ2n) is 4.30. The van der Waals surface area contributed by atoms with Crippen molar-refractivity contribution >= 4 is 17.3 Å². The lowest BCUT2D eigenvalue weighted by molar-refractivity contribution is 0.415. The zero-order valence-electron chi connectivity index (χ0n) is 10.9. The first-order valence-corrected chi connectivity index (χ1v) is 6.37. The first-order valence-electron chi connectivity index (χ1n) is 5.99. The number of rotatable bonds is 4. The SMILES string of the molecule is COc1ccc(Cl)c(NC(C)c2ccc(O)cc2)c1. The Bertz CT molecular complexity index is 555. The molecule has 1 unspecified atom stereocenters. The molecule has 0 spiro atoms. The number of halogens is 1. The molecule has 0 saturated heterocycles. The van der Waals surface area contributed by atoms with Gasteiger partial charge in [0.2, 0.25) is 0 Å². The first kappa shape index (κ1) is 13.6. The molecule has 0 aromatic heterocycles.